The first-order chi connectivity index (χ1) is 12.5. The number of aromatic carboxylic acids is 1. The number of carbonyl (C=O) groups excluding carboxylic acids is 1. The van der Waals surface area contributed by atoms with Crippen molar-refractivity contribution in [2.75, 3.05) is 6.54 Å². The van der Waals surface area contributed by atoms with Crippen LogP contribution in [0.5, 0.6) is 16.6 Å². The van der Waals surface area contributed by atoms with Gasteiger partial charge in [-0.1, -0.05) is 11.3 Å². The first-order valence-corrected chi connectivity index (χ1v) is 8.89. The lowest BCUT2D eigenvalue weighted by atomic mass is 9.91. The van der Waals surface area contributed by atoms with Gasteiger partial charge in [0.15, 0.2) is 10.8 Å². The van der Waals surface area contributed by atoms with Crippen molar-refractivity contribution < 1.29 is 24.5 Å². The van der Waals surface area contributed by atoms with Gasteiger partial charge in [0.25, 0.3) is 0 Å². The van der Waals surface area contributed by atoms with E-state index in [4.69, 9.17) is 4.74 Å². The van der Waals surface area contributed by atoms with Crippen LogP contribution < -0.4 is 15.6 Å². The van der Waals surface area contributed by atoms with Gasteiger partial charge in [0.2, 0.25) is 0 Å². The van der Waals surface area contributed by atoms with Gasteiger partial charge in [-0.05, 0) is 43.0 Å². The SMILES string of the molecule is CC(=O)c1ccc(Oc2sc(C(=O)O)c3c2C2=C(CC3)CNN2)cc1O. The monoisotopic (exact) mass is 372 g/mol. The highest BCUT2D eigenvalue weighted by molar-refractivity contribution is 7.16. The molecular formula is C18H16N2O5S. The van der Waals surface area contributed by atoms with Crippen molar-refractivity contribution >= 4 is 28.8 Å². The molecule has 1 aromatic heterocycles. The largest absolute Gasteiger partial charge is 0.507 e. The summed E-state index contributed by atoms with van der Waals surface area (Å²) in [6.07, 6.45) is 1.44. The van der Waals surface area contributed by atoms with Gasteiger partial charge in [0.1, 0.15) is 16.4 Å². The van der Waals surface area contributed by atoms with Crippen molar-refractivity contribution in [1.82, 2.24) is 10.9 Å². The number of hydrazine groups is 1. The fourth-order valence-electron chi connectivity index (χ4n) is 3.30. The highest BCUT2D eigenvalue weighted by atomic mass is 32.1. The number of ketones is 1. The Balaban J connectivity index is 1.77. The summed E-state index contributed by atoms with van der Waals surface area (Å²) in [5.41, 5.74) is 9.95. The predicted molar refractivity (Wildman–Crippen MR) is 95.8 cm³/mol. The van der Waals surface area contributed by atoms with E-state index < -0.39 is 5.97 Å². The smallest absolute Gasteiger partial charge is 0.346 e. The van der Waals surface area contributed by atoms with Crippen LogP contribution in [0.25, 0.3) is 5.70 Å². The number of phenols is 1. The molecule has 0 bridgehead atoms. The number of hydrogen-bond donors (Lipinski definition) is 4. The van der Waals surface area contributed by atoms with Crippen molar-refractivity contribution in [2.45, 2.75) is 19.8 Å². The van der Waals surface area contributed by atoms with Crippen LogP contribution in [0.15, 0.2) is 23.8 Å². The van der Waals surface area contributed by atoms with Gasteiger partial charge in [-0.2, -0.15) is 0 Å². The van der Waals surface area contributed by atoms with Crippen LogP contribution in [-0.2, 0) is 6.42 Å². The highest BCUT2D eigenvalue weighted by Gasteiger charge is 2.32. The third-order valence-electron chi connectivity index (χ3n) is 4.52. The van der Waals surface area contributed by atoms with Gasteiger partial charge in [-0.3, -0.25) is 4.79 Å². The van der Waals surface area contributed by atoms with Crippen molar-refractivity contribution in [3.05, 3.63) is 45.3 Å². The molecule has 2 heterocycles. The molecule has 0 atom stereocenters. The predicted octanol–water partition coefficient (Wildman–Crippen LogP) is 2.91. The van der Waals surface area contributed by atoms with E-state index in [1.54, 1.807) is 6.07 Å². The third-order valence-corrected chi connectivity index (χ3v) is 5.62. The highest BCUT2D eigenvalue weighted by Crippen LogP contribution is 2.46. The Kier molecular flexibility index (Phi) is 3.93. The molecule has 0 radical (unpaired) electrons. The standard InChI is InChI=1S/C18H16N2O5S/c1-8(21)11-5-3-10(6-13(11)22)25-18-14-12(16(26-18)17(23)24)4-2-9-7-19-20-15(9)14/h3,5-6,19-20,22H,2,4,7H2,1H3,(H,23,24). The molecular weight excluding hydrogens is 356 g/mol. The van der Waals surface area contributed by atoms with Crippen LogP contribution in [0.1, 0.15) is 44.5 Å². The van der Waals surface area contributed by atoms with E-state index >= 15 is 0 Å². The Bertz CT molecular complexity index is 976. The van der Waals surface area contributed by atoms with Crippen LogP contribution in [-0.4, -0.2) is 28.5 Å². The van der Waals surface area contributed by atoms with Crippen LogP contribution in [0.4, 0.5) is 0 Å². The molecule has 7 nitrogen and oxygen atoms in total. The zero-order valence-electron chi connectivity index (χ0n) is 13.9. The molecule has 1 aliphatic carbocycles. The first-order valence-electron chi connectivity index (χ1n) is 8.07. The summed E-state index contributed by atoms with van der Waals surface area (Å²) in [5, 5.41) is 20.0. The summed E-state index contributed by atoms with van der Waals surface area (Å²) in [5.74, 6) is -1.05. The lowest BCUT2D eigenvalue weighted by molar-refractivity contribution is 0.0700. The number of ether oxygens (including phenoxy) is 1. The second-order valence-corrected chi connectivity index (χ2v) is 7.15. The number of hydrogen-bond acceptors (Lipinski definition) is 7. The molecule has 0 spiro atoms. The Morgan fingerprint density at radius 1 is 1.27 bits per heavy atom. The Morgan fingerprint density at radius 2 is 2.08 bits per heavy atom. The van der Waals surface area contributed by atoms with E-state index in [0.717, 1.165) is 34.6 Å². The lowest BCUT2D eigenvalue weighted by Gasteiger charge is -2.16. The molecule has 0 unspecified atom stereocenters. The Hall–Kier alpha value is -2.84. The minimum atomic E-state index is -0.981. The van der Waals surface area contributed by atoms with Crippen LogP contribution in [0, 0.1) is 0 Å². The number of benzene rings is 1. The second-order valence-electron chi connectivity index (χ2n) is 6.17. The molecule has 8 heteroatoms. The zero-order valence-corrected chi connectivity index (χ0v) is 14.7. The van der Waals surface area contributed by atoms with Gasteiger partial charge in [-0.15, -0.1) is 0 Å². The maximum Gasteiger partial charge on any atom is 0.346 e. The number of phenolic OH excluding ortho intramolecular Hbond substituents is 1. The van der Waals surface area contributed by atoms with Gasteiger partial charge >= 0.3 is 5.97 Å². The van der Waals surface area contributed by atoms with Crippen LogP contribution in [0.2, 0.25) is 0 Å². The summed E-state index contributed by atoms with van der Waals surface area (Å²) in [4.78, 5) is 23.3. The fraction of sp³-hybridized carbons (Fsp3) is 0.222. The average molecular weight is 372 g/mol. The molecule has 1 aromatic carbocycles. The minimum Gasteiger partial charge on any atom is -0.507 e. The molecule has 0 fully saturated rings. The van der Waals surface area contributed by atoms with E-state index in [2.05, 4.69) is 10.9 Å². The number of thiophene rings is 1. The zero-order chi connectivity index (χ0) is 18.4. The van der Waals surface area contributed by atoms with E-state index in [-0.39, 0.29) is 22.0 Å². The van der Waals surface area contributed by atoms with E-state index in [9.17, 15) is 19.8 Å². The first kappa shape index (κ1) is 16.6. The summed E-state index contributed by atoms with van der Waals surface area (Å²) in [6, 6.07) is 4.44. The van der Waals surface area contributed by atoms with Crippen molar-refractivity contribution in [3.8, 4) is 16.6 Å². The number of rotatable bonds is 4. The number of carboxylic acids is 1. The normalized spacial score (nSPS) is 15.3. The van der Waals surface area contributed by atoms with Gasteiger partial charge in [-0.25, -0.2) is 10.2 Å². The number of fused-ring (bicyclic) bond motifs is 2. The summed E-state index contributed by atoms with van der Waals surface area (Å²) in [6.45, 7) is 2.08. The van der Waals surface area contributed by atoms with Gasteiger partial charge in [0.05, 0.1) is 16.8 Å². The summed E-state index contributed by atoms with van der Waals surface area (Å²) >= 11 is 1.07. The Morgan fingerprint density at radius 3 is 2.77 bits per heavy atom. The summed E-state index contributed by atoms with van der Waals surface area (Å²) < 4.78 is 5.91. The topological polar surface area (TPSA) is 108 Å². The van der Waals surface area contributed by atoms with Crippen LogP contribution >= 0.6 is 11.3 Å². The molecule has 134 valence electrons. The molecule has 0 saturated carbocycles. The molecule has 0 amide bonds. The molecule has 2 aliphatic rings. The van der Waals surface area contributed by atoms with E-state index in [0.29, 0.717) is 23.8 Å². The molecule has 1 aliphatic heterocycles. The Labute approximate surface area is 152 Å². The maximum atomic E-state index is 11.6. The molecule has 4 N–H and O–H groups in total. The van der Waals surface area contributed by atoms with Gasteiger partial charge < -0.3 is 20.4 Å². The van der Waals surface area contributed by atoms with E-state index in [1.165, 1.54) is 24.6 Å². The molecule has 0 saturated heterocycles. The van der Waals surface area contributed by atoms with Crippen molar-refractivity contribution in [2.24, 2.45) is 0 Å². The average Bonchev–Trinajstić information content (AvgIpc) is 3.18. The summed E-state index contributed by atoms with van der Waals surface area (Å²) in [7, 11) is 0. The fourth-order valence-corrected chi connectivity index (χ4v) is 4.37. The van der Waals surface area contributed by atoms with Gasteiger partial charge in [0, 0.05) is 12.6 Å². The van der Waals surface area contributed by atoms with Crippen LogP contribution in [0.3, 0.4) is 0 Å². The minimum absolute atomic E-state index is 0.167. The van der Waals surface area contributed by atoms with Crippen molar-refractivity contribution in [3.63, 3.8) is 0 Å². The third kappa shape index (κ3) is 2.63. The molecule has 2 aromatic rings. The number of aromatic hydroxyl groups is 1. The second kappa shape index (κ2) is 6.15. The number of carboxylic acid groups (broad SMARTS) is 1. The van der Waals surface area contributed by atoms with E-state index in [1.807, 2.05) is 0 Å². The maximum absolute atomic E-state index is 11.6. The number of Topliss-reactive ketones (excluding diaryl/α,β-unsaturated/α-hetero) is 1. The quantitative estimate of drug-likeness (QED) is 0.611. The number of nitrogens with one attached hydrogen (secondary N) is 2. The number of carbonyl (C=O) groups is 2. The molecule has 4 rings (SSSR count). The van der Waals surface area contributed by atoms with Crippen molar-refractivity contribution in [1.29, 1.82) is 0 Å². The molecule has 26 heavy (non-hydrogen) atoms. The lowest BCUT2D eigenvalue weighted by Crippen LogP contribution is -2.23.